The molecule has 4 rings (SSSR count). The zero-order valence-corrected chi connectivity index (χ0v) is 20.0. The number of pyridine rings is 2. The lowest BCUT2D eigenvalue weighted by Gasteiger charge is -2.28. The van der Waals surface area contributed by atoms with Gasteiger partial charge in [-0.15, -0.1) is 0 Å². The number of hydrogen-bond donors (Lipinski definition) is 2. The quantitative estimate of drug-likeness (QED) is 0.539. The molecule has 1 unspecified atom stereocenters. The van der Waals surface area contributed by atoms with Gasteiger partial charge in [0.05, 0.1) is 35.9 Å². The normalized spacial score (nSPS) is 19.6. The SMILES string of the molecule is COc1cc2ncc(-c3cc(F)nc(NC4CCCC[C@H]4O)c3)n2cc1S(=O)(=O)C(C)(C)C. The summed E-state index contributed by atoms with van der Waals surface area (Å²) in [4.78, 5) is 8.33. The molecule has 0 bridgehead atoms. The van der Waals surface area contributed by atoms with Crippen LogP contribution >= 0.6 is 0 Å². The second-order valence-corrected chi connectivity index (χ2v) is 12.0. The second-order valence-electron chi connectivity index (χ2n) is 9.36. The lowest BCUT2D eigenvalue weighted by Crippen LogP contribution is -2.36. The molecule has 0 radical (unpaired) electrons. The maximum absolute atomic E-state index is 14.5. The third kappa shape index (κ3) is 4.41. The standard InChI is InChI=1S/C23H29FN4O4S/c1-23(2,3)33(30,31)19-13-28-16(12-25-22(28)11-18(19)32-4)14-9-20(24)27-21(10-14)26-15-7-5-6-8-17(15)29/h9-13,15,17,29H,5-8H2,1-4H3,(H,26,27)/t15?,17-/m1/s1. The van der Waals surface area contributed by atoms with Crippen LogP contribution in [-0.2, 0) is 9.84 Å². The molecule has 0 spiro atoms. The molecule has 1 aliphatic carbocycles. The first kappa shape index (κ1) is 23.4. The number of fused-ring (bicyclic) bond motifs is 1. The van der Waals surface area contributed by atoms with E-state index in [2.05, 4.69) is 15.3 Å². The molecule has 2 N–H and O–H groups in total. The van der Waals surface area contributed by atoms with E-state index in [9.17, 15) is 17.9 Å². The van der Waals surface area contributed by atoms with Crippen LogP contribution in [0.4, 0.5) is 10.2 Å². The highest BCUT2D eigenvalue weighted by molar-refractivity contribution is 7.92. The van der Waals surface area contributed by atoms with Crippen molar-refractivity contribution in [3.05, 3.63) is 36.5 Å². The summed E-state index contributed by atoms with van der Waals surface area (Å²) < 4.78 is 46.7. The number of halogens is 1. The van der Waals surface area contributed by atoms with Crippen LogP contribution < -0.4 is 10.1 Å². The number of nitrogens with one attached hydrogen (secondary N) is 1. The van der Waals surface area contributed by atoms with Gasteiger partial charge in [-0.2, -0.15) is 4.39 Å². The van der Waals surface area contributed by atoms with Gasteiger partial charge < -0.3 is 15.2 Å². The molecule has 0 aliphatic heterocycles. The Labute approximate surface area is 192 Å². The van der Waals surface area contributed by atoms with Crippen molar-refractivity contribution >= 4 is 21.3 Å². The number of aliphatic hydroxyl groups is 1. The van der Waals surface area contributed by atoms with Crippen molar-refractivity contribution in [2.24, 2.45) is 0 Å². The summed E-state index contributed by atoms with van der Waals surface area (Å²) in [7, 11) is -2.32. The van der Waals surface area contributed by atoms with Crippen molar-refractivity contribution in [1.82, 2.24) is 14.4 Å². The molecule has 8 nitrogen and oxygen atoms in total. The molecule has 178 valence electrons. The Morgan fingerprint density at radius 2 is 1.94 bits per heavy atom. The van der Waals surface area contributed by atoms with E-state index in [1.165, 1.54) is 19.4 Å². The van der Waals surface area contributed by atoms with Crippen molar-refractivity contribution in [2.45, 2.75) is 68.2 Å². The summed E-state index contributed by atoms with van der Waals surface area (Å²) in [6, 6.07) is 4.30. The van der Waals surface area contributed by atoms with Crippen LogP contribution in [0.15, 0.2) is 35.5 Å². The number of aliphatic hydroxyl groups excluding tert-OH is 1. The minimum Gasteiger partial charge on any atom is -0.495 e. The van der Waals surface area contributed by atoms with Crippen molar-refractivity contribution < 1.29 is 22.7 Å². The average Bonchev–Trinajstić information content (AvgIpc) is 3.16. The predicted molar refractivity (Wildman–Crippen MR) is 124 cm³/mol. The molecular formula is C23H29FN4O4S. The van der Waals surface area contributed by atoms with E-state index in [1.807, 2.05) is 0 Å². The lowest BCUT2D eigenvalue weighted by molar-refractivity contribution is 0.116. The van der Waals surface area contributed by atoms with E-state index in [-0.39, 0.29) is 16.7 Å². The number of nitrogens with zero attached hydrogens (tertiary/aromatic N) is 3. The maximum atomic E-state index is 14.5. The number of aromatic nitrogens is 3. The molecule has 1 fully saturated rings. The van der Waals surface area contributed by atoms with Crippen LogP contribution in [0.25, 0.3) is 16.9 Å². The van der Waals surface area contributed by atoms with Crippen LogP contribution in [0, 0.1) is 5.95 Å². The van der Waals surface area contributed by atoms with Gasteiger partial charge in [0.1, 0.15) is 22.1 Å². The van der Waals surface area contributed by atoms with Crippen molar-refractivity contribution in [3.63, 3.8) is 0 Å². The summed E-state index contributed by atoms with van der Waals surface area (Å²) in [5.41, 5.74) is 1.45. The van der Waals surface area contributed by atoms with Gasteiger partial charge in [0.15, 0.2) is 9.84 Å². The molecule has 3 aromatic heterocycles. The number of imidazole rings is 1. The van der Waals surface area contributed by atoms with E-state index in [0.29, 0.717) is 29.1 Å². The van der Waals surface area contributed by atoms with Gasteiger partial charge in [-0.1, -0.05) is 12.8 Å². The fourth-order valence-corrected chi connectivity index (χ4v) is 5.39. The topological polar surface area (TPSA) is 106 Å². The highest BCUT2D eigenvalue weighted by Crippen LogP contribution is 2.35. The van der Waals surface area contributed by atoms with Gasteiger partial charge in [-0.25, -0.2) is 18.4 Å². The number of hydrogen-bond acceptors (Lipinski definition) is 7. The van der Waals surface area contributed by atoms with Crippen LogP contribution in [0.3, 0.4) is 0 Å². The molecule has 3 heterocycles. The Morgan fingerprint density at radius 3 is 2.61 bits per heavy atom. The Hall–Kier alpha value is -2.72. The lowest BCUT2D eigenvalue weighted by atomic mass is 9.92. The number of rotatable bonds is 5. The molecule has 1 saturated carbocycles. The first-order valence-electron chi connectivity index (χ1n) is 10.9. The summed E-state index contributed by atoms with van der Waals surface area (Å²) in [5, 5.41) is 13.4. The Kier molecular flexibility index (Phi) is 6.09. The first-order chi connectivity index (χ1) is 15.5. The molecule has 0 saturated heterocycles. The molecule has 0 amide bonds. The van der Waals surface area contributed by atoms with E-state index >= 15 is 0 Å². The number of anilines is 1. The van der Waals surface area contributed by atoms with Gasteiger partial charge in [0.2, 0.25) is 5.95 Å². The van der Waals surface area contributed by atoms with E-state index in [4.69, 9.17) is 4.74 Å². The molecule has 2 atom stereocenters. The maximum Gasteiger partial charge on any atom is 0.215 e. The molecular weight excluding hydrogens is 447 g/mol. The Morgan fingerprint density at radius 1 is 1.21 bits per heavy atom. The average molecular weight is 477 g/mol. The minimum absolute atomic E-state index is 0.0301. The van der Waals surface area contributed by atoms with Crippen LogP contribution in [-0.4, -0.2) is 51.9 Å². The fourth-order valence-electron chi connectivity index (χ4n) is 4.08. The van der Waals surface area contributed by atoms with E-state index < -0.39 is 26.6 Å². The third-order valence-corrected chi connectivity index (χ3v) is 8.54. The van der Waals surface area contributed by atoms with Gasteiger partial charge in [0.25, 0.3) is 0 Å². The smallest absolute Gasteiger partial charge is 0.215 e. The molecule has 1 aliphatic rings. The van der Waals surface area contributed by atoms with E-state index in [1.54, 1.807) is 43.5 Å². The first-order valence-corrected chi connectivity index (χ1v) is 12.4. The van der Waals surface area contributed by atoms with Crippen molar-refractivity contribution in [2.75, 3.05) is 12.4 Å². The van der Waals surface area contributed by atoms with Crippen LogP contribution in [0.2, 0.25) is 0 Å². The highest BCUT2D eigenvalue weighted by Gasteiger charge is 2.34. The van der Waals surface area contributed by atoms with Crippen LogP contribution in [0.1, 0.15) is 46.5 Å². The zero-order chi connectivity index (χ0) is 24.0. The fraction of sp³-hybridized carbons (Fsp3) is 0.478. The third-order valence-electron chi connectivity index (χ3n) is 6.04. The molecule has 33 heavy (non-hydrogen) atoms. The zero-order valence-electron chi connectivity index (χ0n) is 19.2. The Balaban J connectivity index is 1.80. The predicted octanol–water partition coefficient (Wildman–Crippen LogP) is 3.83. The second kappa shape index (κ2) is 8.57. The highest BCUT2D eigenvalue weighted by atomic mass is 32.2. The monoisotopic (exact) mass is 476 g/mol. The summed E-state index contributed by atoms with van der Waals surface area (Å²) in [5.74, 6) is -0.183. The number of sulfone groups is 1. The number of methoxy groups -OCH3 is 1. The largest absolute Gasteiger partial charge is 0.495 e. The summed E-state index contributed by atoms with van der Waals surface area (Å²) >= 11 is 0. The van der Waals surface area contributed by atoms with Crippen molar-refractivity contribution in [1.29, 1.82) is 0 Å². The van der Waals surface area contributed by atoms with Crippen LogP contribution in [0.5, 0.6) is 5.75 Å². The van der Waals surface area contributed by atoms with E-state index in [0.717, 1.165) is 19.3 Å². The minimum atomic E-state index is -3.73. The van der Waals surface area contributed by atoms with Gasteiger partial charge in [-0.05, 0) is 39.7 Å². The summed E-state index contributed by atoms with van der Waals surface area (Å²) in [6.07, 6.45) is 5.92. The van der Waals surface area contributed by atoms with Gasteiger partial charge >= 0.3 is 0 Å². The van der Waals surface area contributed by atoms with Gasteiger partial charge in [0, 0.05) is 23.9 Å². The summed E-state index contributed by atoms with van der Waals surface area (Å²) in [6.45, 7) is 4.87. The molecule has 3 aromatic rings. The molecule has 10 heteroatoms. The Bertz CT molecular complexity index is 1280. The van der Waals surface area contributed by atoms with Crippen molar-refractivity contribution in [3.8, 4) is 17.0 Å². The molecule has 0 aromatic carbocycles. The van der Waals surface area contributed by atoms with Gasteiger partial charge in [-0.3, -0.25) is 4.40 Å². The number of ether oxygens (including phenoxy) is 1.